The molecule has 9 heavy (non-hydrogen) atoms. The van der Waals surface area contributed by atoms with Crippen molar-refractivity contribution < 1.29 is 0 Å². The summed E-state index contributed by atoms with van der Waals surface area (Å²) >= 11 is 0. The zero-order chi connectivity index (χ0) is 7.02. The molecule has 0 aliphatic carbocycles. The maximum Gasteiger partial charge on any atom is 0.0378 e. The molecule has 1 saturated heterocycles. The summed E-state index contributed by atoms with van der Waals surface area (Å²) in [5.41, 5.74) is 5.78. The van der Waals surface area contributed by atoms with Crippen LogP contribution in [0.25, 0.3) is 0 Å². The minimum atomic E-state index is 0.319. The van der Waals surface area contributed by atoms with Crippen molar-refractivity contribution in [2.45, 2.75) is 19.0 Å². The quantitative estimate of drug-likeness (QED) is 0.478. The zero-order valence-electron chi connectivity index (χ0n) is 6.33. The van der Waals surface area contributed by atoms with Crippen LogP contribution in [0, 0.1) is 0 Å². The van der Waals surface area contributed by atoms with Gasteiger partial charge in [-0.2, -0.15) is 0 Å². The van der Waals surface area contributed by atoms with E-state index in [1.165, 1.54) is 0 Å². The summed E-state index contributed by atoms with van der Waals surface area (Å²) in [6.45, 7) is 3.13. The van der Waals surface area contributed by atoms with Crippen LogP contribution in [0.3, 0.4) is 0 Å². The van der Waals surface area contributed by atoms with E-state index in [1.807, 2.05) is 0 Å². The van der Waals surface area contributed by atoms with E-state index in [4.69, 9.17) is 5.73 Å². The van der Waals surface area contributed by atoms with Crippen molar-refractivity contribution in [1.29, 1.82) is 0 Å². The monoisotopic (exact) mass is 129 g/mol. The SMILES string of the molecule is CC1C(N)CN(C)N1C. The molecule has 0 amide bonds. The van der Waals surface area contributed by atoms with E-state index in [-0.39, 0.29) is 0 Å². The van der Waals surface area contributed by atoms with Gasteiger partial charge in [0.15, 0.2) is 0 Å². The van der Waals surface area contributed by atoms with Gasteiger partial charge < -0.3 is 5.73 Å². The summed E-state index contributed by atoms with van der Waals surface area (Å²) < 4.78 is 0. The lowest BCUT2D eigenvalue weighted by Gasteiger charge is -2.22. The number of hydrazine groups is 1. The predicted molar refractivity (Wildman–Crippen MR) is 37.8 cm³/mol. The molecule has 1 aliphatic rings. The second kappa shape index (κ2) is 2.25. The largest absolute Gasteiger partial charge is 0.325 e. The fraction of sp³-hybridized carbons (Fsp3) is 1.00. The van der Waals surface area contributed by atoms with Crippen LogP contribution < -0.4 is 5.73 Å². The number of hydrogen-bond donors (Lipinski definition) is 1. The first-order valence-corrected chi connectivity index (χ1v) is 3.32. The number of nitrogens with zero attached hydrogens (tertiary/aromatic N) is 2. The summed E-state index contributed by atoms with van der Waals surface area (Å²) in [6, 6.07) is 0.815. The Morgan fingerprint density at radius 3 is 2.11 bits per heavy atom. The van der Waals surface area contributed by atoms with E-state index in [0.29, 0.717) is 12.1 Å². The predicted octanol–water partition coefficient (Wildman–Crippen LogP) is -0.506. The minimum absolute atomic E-state index is 0.319. The molecule has 0 bridgehead atoms. The van der Waals surface area contributed by atoms with Crippen molar-refractivity contribution in [2.75, 3.05) is 20.6 Å². The molecule has 1 fully saturated rings. The second-order valence-electron chi connectivity index (χ2n) is 2.82. The smallest absolute Gasteiger partial charge is 0.0378 e. The molecule has 0 aromatic carbocycles. The number of rotatable bonds is 0. The molecule has 0 saturated carbocycles. The third kappa shape index (κ3) is 1.08. The highest BCUT2D eigenvalue weighted by atomic mass is 15.6. The first-order valence-electron chi connectivity index (χ1n) is 3.32. The van der Waals surface area contributed by atoms with Crippen molar-refractivity contribution in [1.82, 2.24) is 10.0 Å². The Morgan fingerprint density at radius 1 is 1.44 bits per heavy atom. The van der Waals surface area contributed by atoms with Gasteiger partial charge in [-0.25, -0.2) is 10.0 Å². The molecule has 2 atom stereocenters. The average Bonchev–Trinajstić information content (AvgIpc) is 1.98. The van der Waals surface area contributed by atoms with E-state index in [2.05, 4.69) is 31.0 Å². The Hall–Kier alpha value is -0.120. The Kier molecular flexibility index (Phi) is 1.75. The summed E-state index contributed by atoms with van der Waals surface area (Å²) in [7, 11) is 4.13. The van der Waals surface area contributed by atoms with Crippen molar-refractivity contribution in [3.63, 3.8) is 0 Å². The molecule has 2 N–H and O–H groups in total. The van der Waals surface area contributed by atoms with Gasteiger partial charge in [0.2, 0.25) is 0 Å². The summed E-state index contributed by atoms with van der Waals surface area (Å²) in [5, 5.41) is 4.32. The van der Waals surface area contributed by atoms with Crippen LogP contribution >= 0.6 is 0 Å². The first-order chi connectivity index (χ1) is 4.13. The van der Waals surface area contributed by atoms with Crippen molar-refractivity contribution in [3.05, 3.63) is 0 Å². The Bertz CT molecular complexity index is 92.5. The van der Waals surface area contributed by atoms with Gasteiger partial charge >= 0.3 is 0 Å². The van der Waals surface area contributed by atoms with Gasteiger partial charge in [0.25, 0.3) is 0 Å². The van der Waals surface area contributed by atoms with Gasteiger partial charge in [-0.3, -0.25) is 0 Å². The van der Waals surface area contributed by atoms with Crippen LogP contribution in [0.15, 0.2) is 0 Å². The van der Waals surface area contributed by atoms with E-state index >= 15 is 0 Å². The fourth-order valence-corrected chi connectivity index (χ4v) is 1.17. The maximum absolute atomic E-state index is 5.78. The Balaban J connectivity index is 2.54. The molecular formula is C6H15N3. The zero-order valence-corrected chi connectivity index (χ0v) is 6.33. The Labute approximate surface area is 56.4 Å². The van der Waals surface area contributed by atoms with E-state index in [0.717, 1.165) is 6.54 Å². The first kappa shape index (κ1) is 6.99. The van der Waals surface area contributed by atoms with E-state index in [9.17, 15) is 0 Å². The van der Waals surface area contributed by atoms with Gasteiger partial charge in [-0.1, -0.05) is 0 Å². The van der Waals surface area contributed by atoms with Crippen LogP contribution in [0.2, 0.25) is 0 Å². The molecule has 54 valence electrons. The highest BCUT2D eigenvalue weighted by Crippen LogP contribution is 2.11. The van der Waals surface area contributed by atoms with E-state index < -0.39 is 0 Å². The second-order valence-corrected chi connectivity index (χ2v) is 2.82. The standard InChI is InChI=1S/C6H15N3/c1-5-6(7)4-8(2)9(5)3/h5-6H,4,7H2,1-3H3. The van der Waals surface area contributed by atoms with Gasteiger partial charge in [-0.05, 0) is 6.92 Å². The van der Waals surface area contributed by atoms with Gasteiger partial charge in [-0.15, -0.1) is 0 Å². The molecule has 0 aromatic rings. The summed E-state index contributed by atoms with van der Waals surface area (Å²) in [6.07, 6.45) is 0. The third-order valence-corrected chi connectivity index (χ3v) is 2.22. The Morgan fingerprint density at radius 2 is 2.00 bits per heavy atom. The molecule has 1 rings (SSSR count). The molecule has 1 heterocycles. The fourth-order valence-electron chi connectivity index (χ4n) is 1.17. The summed E-state index contributed by atoms with van der Waals surface area (Å²) in [5.74, 6) is 0. The number of hydrogen-bond acceptors (Lipinski definition) is 3. The average molecular weight is 129 g/mol. The topological polar surface area (TPSA) is 32.5 Å². The third-order valence-electron chi connectivity index (χ3n) is 2.22. The van der Waals surface area contributed by atoms with Crippen molar-refractivity contribution in [3.8, 4) is 0 Å². The van der Waals surface area contributed by atoms with Crippen LogP contribution in [0.1, 0.15) is 6.92 Å². The molecule has 1 aliphatic heterocycles. The highest BCUT2D eigenvalue weighted by Gasteiger charge is 2.28. The molecule has 0 aromatic heterocycles. The molecule has 3 heteroatoms. The van der Waals surface area contributed by atoms with E-state index in [1.54, 1.807) is 0 Å². The van der Waals surface area contributed by atoms with Gasteiger partial charge in [0.05, 0.1) is 0 Å². The van der Waals surface area contributed by atoms with Crippen molar-refractivity contribution >= 4 is 0 Å². The molecule has 2 unspecified atom stereocenters. The highest BCUT2D eigenvalue weighted by molar-refractivity contribution is 4.83. The molecular weight excluding hydrogens is 114 g/mol. The van der Waals surface area contributed by atoms with Gasteiger partial charge in [0, 0.05) is 32.7 Å². The lowest BCUT2D eigenvalue weighted by Crippen LogP contribution is -2.36. The summed E-state index contributed by atoms with van der Waals surface area (Å²) in [4.78, 5) is 0. The van der Waals surface area contributed by atoms with Crippen LogP contribution in [0.5, 0.6) is 0 Å². The molecule has 0 radical (unpaired) electrons. The normalized spacial score (nSPS) is 40.0. The van der Waals surface area contributed by atoms with Crippen LogP contribution in [0.4, 0.5) is 0 Å². The molecule has 0 spiro atoms. The van der Waals surface area contributed by atoms with Gasteiger partial charge in [0.1, 0.15) is 0 Å². The maximum atomic E-state index is 5.78. The molecule has 3 nitrogen and oxygen atoms in total. The van der Waals surface area contributed by atoms with Crippen LogP contribution in [-0.2, 0) is 0 Å². The lowest BCUT2D eigenvalue weighted by atomic mass is 10.2. The van der Waals surface area contributed by atoms with Crippen molar-refractivity contribution in [2.24, 2.45) is 5.73 Å². The van der Waals surface area contributed by atoms with Crippen LogP contribution in [-0.4, -0.2) is 42.7 Å². The minimum Gasteiger partial charge on any atom is -0.325 e. The lowest BCUT2D eigenvalue weighted by molar-refractivity contribution is 0.0590. The number of likely N-dealkylation sites (N-methyl/N-ethyl adjacent to an activating group) is 2. The number of nitrogens with two attached hydrogens (primary N) is 1.